The highest BCUT2D eigenvalue weighted by Crippen LogP contribution is 2.49. The van der Waals surface area contributed by atoms with Crippen LogP contribution in [-0.2, 0) is 41.8 Å². The number of carbonyl (C=O) groups is 2. The molecule has 0 aliphatic heterocycles. The van der Waals surface area contributed by atoms with Crippen molar-refractivity contribution in [3.05, 3.63) is 0 Å². The van der Waals surface area contributed by atoms with Crippen LogP contribution in [0.15, 0.2) is 0 Å². The van der Waals surface area contributed by atoms with Gasteiger partial charge in [-0.15, -0.1) is 0 Å². The Bertz CT molecular complexity index is 1210. The predicted octanol–water partition coefficient (Wildman–Crippen LogP) is 8.14. The number of unbranched alkanes of at least 4 members (excludes halogenated alkanes) is 25. The molecule has 61 heavy (non-hydrogen) atoms. The highest BCUT2D eigenvalue weighted by Gasteiger charge is 2.54. The quantitative estimate of drug-likeness (QED) is 0.0125. The maximum absolute atomic E-state index is 13.0. The van der Waals surface area contributed by atoms with E-state index in [0.717, 1.165) is 57.1 Å². The summed E-state index contributed by atoms with van der Waals surface area (Å²) in [6, 6.07) is 0. The van der Waals surface area contributed by atoms with Gasteiger partial charge in [0.1, 0.15) is 42.7 Å². The Morgan fingerprint density at radius 1 is 0.541 bits per heavy atom. The molecule has 362 valence electrons. The molecule has 0 heterocycles. The van der Waals surface area contributed by atoms with Crippen molar-refractivity contribution in [2.45, 2.75) is 236 Å². The van der Waals surface area contributed by atoms with E-state index in [9.17, 15) is 44.0 Å². The van der Waals surface area contributed by atoms with Gasteiger partial charge in [-0.3, -0.25) is 23.2 Å². The Hall–Kier alpha value is -0.650. The fourth-order valence-corrected chi connectivity index (χ4v) is 9.15. The molecule has 4 unspecified atom stereocenters. The molecule has 0 bridgehead atoms. The van der Waals surface area contributed by atoms with E-state index >= 15 is 0 Å². The van der Waals surface area contributed by atoms with Crippen molar-refractivity contribution in [1.82, 2.24) is 0 Å². The first kappa shape index (κ1) is 58.4. The SMILES string of the molecule is CCCCCCCCCCCCCCCC(=O)O[C@@H](COP(=O)(O)OC1C(O)[C@H](O)C(O)[C@H](OP(=O)(O)O)[C@@H]1O)CC(=O)OCCCCCCCCCCCCCCCCS. The van der Waals surface area contributed by atoms with Gasteiger partial charge < -0.3 is 44.6 Å². The third-order valence-electron chi connectivity index (χ3n) is 11.0. The van der Waals surface area contributed by atoms with Crippen molar-refractivity contribution in [3.63, 3.8) is 0 Å². The topological polar surface area (TPSA) is 256 Å². The van der Waals surface area contributed by atoms with Crippen LogP contribution in [0.1, 0.15) is 193 Å². The molecule has 0 radical (unpaired) electrons. The van der Waals surface area contributed by atoms with Crippen molar-refractivity contribution < 1.29 is 76.9 Å². The van der Waals surface area contributed by atoms with Crippen LogP contribution in [0.2, 0.25) is 0 Å². The fourth-order valence-electron chi connectivity index (χ4n) is 7.38. The lowest BCUT2D eigenvalue weighted by Crippen LogP contribution is -2.64. The lowest BCUT2D eigenvalue weighted by Gasteiger charge is -2.43. The van der Waals surface area contributed by atoms with Crippen LogP contribution in [-0.4, -0.2) is 109 Å². The molecule has 1 rings (SSSR count). The molecule has 1 aliphatic carbocycles. The van der Waals surface area contributed by atoms with E-state index in [2.05, 4.69) is 24.1 Å². The molecule has 0 aromatic rings. The summed E-state index contributed by atoms with van der Waals surface area (Å²) in [6.07, 6.45) is 15.4. The van der Waals surface area contributed by atoms with E-state index in [-0.39, 0.29) is 13.0 Å². The first-order valence-electron chi connectivity index (χ1n) is 23.2. The number of phosphoric ester groups is 2. The zero-order chi connectivity index (χ0) is 45.4. The Balaban J connectivity index is 2.58. The number of hydrogen-bond donors (Lipinski definition) is 8. The van der Waals surface area contributed by atoms with Crippen molar-refractivity contribution in [2.75, 3.05) is 19.0 Å². The molecule has 7 N–H and O–H groups in total. The van der Waals surface area contributed by atoms with E-state index in [0.29, 0.717) is 12.8 Å². The number of ether oxygens (including phenoxy) is 2. The van der Waals surface area contributed by atoms with Gasteiger partial charge in [0.2, 0.25) is 0 Å². The summed E-state index contributed by atoms with van der Waals surface area (Å²) in [5.74, 6) is -0.424. The predicted molar refractivity (Wildman–Crippen MR) is 236 cm³/mol. The number of aliphatic hydroxyl groups excluding tert-OH is 4. The third kappa shape index (κ3) is 30.2. The average Bonchev–Trinajstić information content (AvgIpc) is 3.20. The summed E-state index contributed by atoms with van der Waals surface area (Å²) < 4.78 is 49.3. The first-order valence-corrected chi connectivity index (χ1v) is 26.9. The number of phosphoric acid groups is 2. The highest BCUT2D eigenvalue weighted by molar-refractivity contribution is 7.80. The molecule has 0 aromatic heterocycles. The molecule has 16 nitrogen and oxygen atoms in total. The van der Waals surface area contributed by atoms with Crippen molar-refractivity contribution in [1.29, 1.82) is 0 Å². The number of hydrogen-bond acceptors (Lipinski definition) is 14. The minimum atomic E-state index is -5.36. The summed E-state index contributed by atoms with van der Waals surface area (Å²) in [5.41, 5.74) is 0. The van der Waals surface area contributed by atoms with E-state index in [4.69, 9.17) is 28.3 Å². The van der Waals surface area contributed by atoms with Gasteiger partial charge in [-0.05, 0) is 25.0 Å². The molecular weight excluding hydrogens is 854 g/mol. The third-order valence-corrected chi connectivity index (χ3v) is 12.8. The number of rotatable bonds is 40. The smallest absolute Gasteiger partial charge is 0.466 e. The summed E-state index contributed by atoms with van der Waals surface area (Å²) >= 11 is 4.25. The van der Waals surface area contributed by atoms with Gasteiger partial charge >= 0.3 is 27.6 Å². The second-order valence-corrected chi connectivity index (χ2v) is 19.6. The maximum atomic E-state index is 13.0. The molecule has 19 heteroatoms. The number of esters is 2. The Morgan fingerprint density at radius 2 is 0.951 bits per heavy atom. The molecule has 1 saturated carbocycles. The number of aliphatic hydroxyl groups is 4. The Morgan fingerprint density at radius 3 is 1.39 bits per heavy atom. The summed E-state index contributed by atoms with van der Waals surface area (Å²) in [5, 5.41) is 41.2. The number of thiol groups is 1. The van der Waals surface area contributed by atoms with Crippen LogP contribution < -0.4 is 0 Å². The van der Waals surface area contributed by atoms with Crippen molar-refractivity contribution in [2.24, 2.45) is 0 Å². The van der Waals surface area contributed by atoms with Crippen LogP contribution in [0.25, 0.3) is 0 Å². The molecule has 0 saturated heterocycles. The molecule has 0 spiro atoms. The van der Waals surface area contributed by atoms with Crippen LogP contribution in [0.4, 0.5) is 0 Å². The Kier molecular flexibility index (Phi) is 34.1. The number of carbonyl (C=O) groups excluding carboxylic acids is 2. The van der Waals surface area contributed by atoms with Crippen molar-refractivity contribution in [3.8, 4) is 0 Å². The van der Waals surface area contributed by atoms with E-state index < -0.39 is 83.3 Å². The van der Waals surface area contributed by atoms with Crippen molar-refractivity contribution >= 4 is 40.2 Å². The molecule has 8 atom stereocenters. The van der Waals surface area contributed by atoms with Crippen LogP contribution in [0, 0.1) is 0 Å². The average molecular weight is 937 g/mol. The summed E-state index contributed by atoms with van der Waals surface area (Å²) in [4.78, 5) is 54.4. The van der Waals surface area contributed by atoms with Gasteiger partial charge in [0.15, 0.2) is 0 Å². The molecule has 1 fully saturated rings. The monoisotopic (exact) mass is 936 g/mol. The van der Waals surface area contributed by atoms with E-state index in [1.807, 2.05) is 0 Å². The van der Waals surface area contributed by atoms with Crippen LogP contribution in [0.3, 0.4) is 0 Å². The minimum Gasteiger partial charge on any atom is -0.466 e. The van der Waals surface area contributed by atoms with Gasteiger partial charge in [-0.1, -0.05) is 161 Å². The highest BCUT2D eigenvalue weighted by atomic mass is 32.1. The normalized spacial score (nSPS) is 22.2. The molecule has 0 amide bonds. The van der Waals surface area contributed by atoms with E-state index in [1.54, 1.807) is 0 Å². The lowest BCUT2D eigenvalue weighted by atomic mass is 9.85. The largest absolute Gasteiger partial charge is 0.472 e. The summed E-state index contributed by atoms with van der Waals surface area (Å²) in [6.45, 7) is 1.50. The van der Waals surface area contributed by atoms with Crippen LogP contribution >= 0.6 is 28.3 Å². The van der Waals surface area contributed by atoms with E-state index in [1.165, 1.54) is 109 Å². The second kappa shape index (κ2) is 35.6. The molecule has 0 aromatic carbocycles. The van der Waals surface area contributed by atoms with Gasteiger partial charge in [0.25, 0.3) is 0 Å². The zero-order valence-electron chi connectivity index (χ0n) is 36.8. The zero-order valence-corrected chi connectivity index (χ0v) is 39.5. The molecule has 1 aliphatic rings. The standard InChI is InChI=1S/C42H82O16P2S/c1-2-3-4-5-6-7-8-11-14-17-20-23-26-29-35(43)56-34(32-36(44)54-30-27-24-21-18-15-12-9-10-13-16-19-22-25-28-31-61)33-55-60(52,53)58-42-39(47)37(45)38(46)41(40(42)48)57-59(49,50)51/h34,37-42,45-48,61H,2-33H2,1H3,(H,52,53)(H2,49,50,51)/t34-,37-,38?,39?,40+,41+,42?/m1/s1. The summed E-state index contributed by atoms with van der Waals surface area (Å²) in [7, 11) is -10.7. The van der Waals surface area contributed by atoms with Crippen LogP contribution in [0.5, 0.6) is 0 Å². The Labute approximate surface area is 370 Å². The van der Waals surface area contributed by atoms with Gasteiger partial charge in [0.05, 0.1) is 19.6 Å². The first-order chi connectivity index (χ1) is 29.1. The van der Waals surface area contributed by atoms with Gasteiger partial charge in [-0.2, -0.15) is 12.6 Å². The maximum Gasteiger partial charge on any atom is 0.472 e. The fraction of sp³-hybridized carbons (Fsp3) is 0.952. The molecular formula is C42H82O16P2S. The van der Waals surface area contributed by atoms with Gasteiger partial charge in [-0.25, -0.2) is 9.13 Å². The second-order valence-electron chi connectivity index (χ2n) is 16.6. The minimum absolute atomic E-state index is 0.0369. The van der Waals surface area contributed by atoms with Gasteiger partial charge in [0, 0.05) is 6.42 Å². The lowest BCUT2D eigenvalue weighted by molar-refractivity contribution is -0.216.